The third kappa shape index (κ3) is 53.2. The minimum Gasteiger partial charge on any atom is -0.462 e. The maximum atomic E-state index is 12.9. The van der Waals surface area contributed by atoms with Crippen molar-refractivity contribution in [2.75, 3.05) is 13.2 Å². The van der Waals surface area contributed by atoms with Crippen molar-refractivity contribution in [3.63, 3.8) is 0 Å². The van der Waals surface area contributed by atoms with Crippen molar-refractivity contribution in [2.24, 2.45) is 17.8 Å². The lowest BCUT2D eigenvalue weighted by molar-refractivity contribution is -0.167. The Hall–Kier alpha value is -1.59. The molecular formula is C59H114O6. The van der Waals surface area contributed by atoms with Crippen LogP contribution in [-0.4, -0.2) is 37.2 Å². The van der Waals surface area contributed by atoms with Gasteiger partial charge in [-0.05, 0) is 37.0 Å². The van der Waals surface area contributed by atoms with E-state index in [4.69, 9.17) is 14.2 Å². The van der Waals surface area contributed by atoms with Crippen LogP contribution in [0.5, 0.6) is 0 Å². The van der Waals surface area contributed by atoms with Gasteiger partial charge in [0.1, 0.15) is 13.2 Å². The van der Waals surface area contributed by atoms with Gasteiger partial charge < -0.3 is 14.2 Å². The van der Waals surface area contributed by atoms with Crippen molar-refractivity contribution >= 4 is 17.9 Å². The second-order valence-corrected chi connectivity index (χ2v) is 21.7. The van der Waals surface area contributed by atoms with E-state index < -0.39 is 6.10 Å². The molecule has 0 aromatic rings. The van der Waals surface area contributed by atoms with Crippen molar-refractivity contribution in [1.29, 1.82) is 0 Å². The van der Waals surface area contributed by atoms with E-state index in [-0.39, 0.29) is 31.1 Å². The molecule has 1 atom stereocenters. The van der Waals surface area contributed by atoms with E-state index in [0.717, 1.165) is 75.5 Å². The van der Waals surface area contributed by atoms with E-state index in [9.17, 15) is 14.4 Å². The first-order valence-corrected chi connectivity index (χ1v) is 29.1. The molecule has 0 bridgehead atoms. The quantitative estimate of drug-likeness (QED) is 0.0344. The van der Waals surface area contributed by atoms with Crippen molar-refractivity contribution in [2.45, 2.75) is 330 Å². The largest absolute Gasteiger partial charge is 0.462 e. The Morgan fingerprint density at radius 2 is 0.446 bits per heavy atom. The molecule has 0 radical (unpaired) electrons. The van der Waals surface area contributed by atoms with Crippen LogP contribution in [0.15, 0.2) is 0 Å². The monoisotopic (exact) mass is 919 g/mol. The van der Waals surface area contributed by atoms with Crippen LogP contribution in [0.25, 0.3) is 0 Å². The van der Waals surface area contributed by atoms with E-state index >= 15 is 0 Å². The SMILES string of the molecule is CC(C)CCCCCCCCCCCCCCCCC(=O)OC[C@@H](COC(=O)CCCCCCCCCCCCC(C)C)OC(=O)CCCCCCCCCCCCCCCCC(C)C. The highest BCUT2D eigenvalue weighted by atomic mass is 16.6. The van der Waals surface area contributed by atoms with Crippen molar-refractivity contribution in [3.8, 4) is 0 Å². The molecule has 0 saturated carbocycles. The number of unbranched alkanes of at least 4 members (excludes halogenated alkanes) is 35. The summed E-state index contributed by atoms with van der Waals surface area (Å²) in [7, 11) is 0. The van der Waals surface area contributed by atoms with Gasteiger partial charge in [-0.2, -0.15) is 0 Å². The molecule has 0 saturated heterocycles. The second kappa shape index (κ2) is 50.3. The Bertz CT molecular complexity index is 1010. The van der Waals surface area contributed by atoms with Gasteiger partial charge in [-0.3, -0.25) is 14.4 Å². The normalized spacial score (nSPS) is 12.1. The van der Waals surface area contributed by atoms with Gasteiger partial charge in [0, 0.05) is 19.3 Å². The van der Waals surface area contributed by atoms with Crippen LogP contribution in [-0.2, 0) is 28.6 Å². The van der Waals surface area contributed by atoms with Crippen molar-refractivity contribution in [3.05, 3.63) is 0 Å². The maximum Gasteiger partial charge on any atom is 0.306 e. The van der Waals surface area contributed by atoms with E-state index in [1.54, 1.807) is 0 Å². The Kier molecular flexibility index (Phi) is 49.1. The van der Waals surface area contributed by atoms with Crippen LogP contribution in [0, 0.1) is 17.8 Å². The number of ether oxygens (including phenoxy) is 3. The van der Waals surface area contributed by atoms with Gasteiger partial charge in [-0.25, -0.2) is 0 Å². The lowest BCUT2D eigenvalue weighted by atomic mass is 10.0. The van der Waals surface area contributed by atoms with Gasteiger partial charge >= 0.3 is 17.9 Å². The molecular weight excluding hydrogens is 805 g/mol. The molecule has 0 aromatic carbocycles. The van der Waals surface area contributed by atoms with Gasteiger partial charge in [-0.1, -0.05) is 286 Å². The van der Waals surface area contributed by atoms with Gasteiger partial charge in [0.2, 0.25) is 0 Å². The van der Waals surface area contributed by atoms with Gasteiger partial charge in [0.15, 0.2) is 6.10 Å². The standard InChI is InChI=1S/C59H114O6/c1-53(2)45-39-33-27-21-15-11-7-9-13-17-24-30-36-42-48-57(60)63-51-56(52-64-58(61)49-43-37-31-25-20-19-23-29-35-41-47-55(5)6)65-59(62)50-44-38-32-26-18-14-10-8-12-16-22-28-34-40-46-54(3)4/h53-56H,7-52H2,1-6H3/t56-/m0/s1. The van der Waals surface area contributed by atoms with Crippen LogP contribution in [0.1, 0.15) is 324 Å². The third-order valence-corrected chi connectivity index (χ3v) is 13.4. The average molecular weight is 920 g/mol. The molecule has 0 aliphatic carbocycles. The summed E-state index contributed by atoms with van der Waals surface area (Å²) in [6, 6.07) is 0. The molecule has 0 fully saturated rings. The number of esters is 3. The summed E-state index contributed by atoms with van der Waals surface area (Å²) < 4.78 is 16.9. The first-order valence-electron chi connectivity index (χ1n) is 29.1. The molecule has 0 amide bonds. The molecule has 0 spiro atoms. The maximum absolute atomic E-state index is 12.9. The molecule has 65 heavy (non-hydrogen) atoms. The first-order chi connectivity index (χ1) is 31.6. The lowest BCUT2D eigenvalue weighted by Crippen LogP contribution is -2.30. The van der Waals surface area contributed by atoms with Crippen LogP contribution in [0.4, 0.5) is 0 Å². The van der Waals surface area contributed by atoms with Gasteiger partial charge in [0.25, 0.3) is 0 Å². The number of hydrogen-bond donors (Lipinski definition) is 0. The number of hydrogen-bond acceptors (Lipinski definition) is 6. The molecule has 386 valence electrons. The van der Waals surface area contributed by atoms with E-state index in [2.05, 4.69) is 41.5 Å². The minimum atomic E-state index is -0.764. The zero-order valence-electron chi connectivity index (χ0n) is 44.8. The van der Waals surface area contributed by atoms with Crippen LogP contribution in [0.2, 0.25) is 0 Å². The van der Waals surface area contributed by atoms with Gasteiger partial charge in [0.05, 0.1) is 0 Å². The predicted molar refractivity (Wildman–Crippen MR) is 279 cm³/mol. The highest BCUT2D eigenvalue weighted by molar-refractivity contribution is 5.71. The van der Waals surface area contributed by atoms with E-state index in [1.807, 2.05) is 0 Å². The summed E-state index contributed by atoms with van der Waals surface area (Å²) >= 11 is 0. The molecule has 6 heteroatoms. The van der Waals surface area contributed by atoms with Crippen molar-refractivity contribution < 1.29 is 28.6 Å². The second-order valence-electron chi connectivity index (χ2n) is 21.7. The smallest absolute Gasteiger partial charge is 0.306 e. The highest BCUT2D eigenvalue weighted by Gasteiger charge is 2.19. The molecule has 6 nitrogen and oxygen atoms in total. The Morgan fingerprint density at radius 1 is 0.262 bits per heavy atom. The summed E-state index contributed by atoms with van der Waals surface area (Å²) in [6.07, 6.45) is 52.4. The topological polar surface area (TPSA) is 78.9 Å². The van der Waals surface area contributed by atoms with Crippen molar-refractivity contribution in [1.82, 2.24) is 0 Å². The average Bonchev–Trinajstić information content (AvgIpc) is 3.26. The number of rotatable bonds is 52. The van der Waals surface area contributed by atoms with Crippen LogP contribution < -0.4 is 0 Å². The van der Waals surface area contributed by atoms with Gasteiger partial charge in [-0.15, -0.1) is 0 Å². The summed E-state index contributed by atoms with van der Waals surface area (Å²) in [5, 5.41) is 0. The molecule has 0 aliphatic rings. The highest BCUT2D eigenvalue weighted by Crippen LogP contribution is 2.18. The Labute approximate surface area is 406 Å². The fourth-order valence-electron chi connectivity index (χ4n) is 9.00. The summed E-state index contributed by atoms with van der Waals surface area (Å²) in [6.45, 7) is 13.8. The fourth-order valence-corrected chi connectivity index (χ4v) is 9.00. The summed E-state index contributed by atoms with van der Waals surface area (Å²) in [4.78, 5) is 38.1. The first kappa shape index (κ1) is 63.4. The number of carbonyl (C=O) groups excluding carboxylic acids is 3. The molecule has 0 heterocycles. The molecule has 0 rings (SSSR count). The van der Waals surface area contributed by atoms with Crippen LogP contribution >= 0.6 is 0 Å². The zero-order valence-corrected chi connectivity index (χ0v) is 44.8. The molecule has 0 aromatic heterocycles. The third-order valence-electron chi connectivity index (χ3n) is 13.4. The van der Waals surface area contributed by atoms with E-state index in [0.29, 0.717) is 19.3 Å². The molecule has 0 unspecified atom stereocenters. The Balaban J connectivity index is 4.30. The molecule has 0 aliphatic heterocycles. The zero-order chi connectivity index (χ0) is 47.7. The predicted octanol–water partition coefficient (Wildman–Crippen LogP) is 19.1. The lowest BCUT2D eigenvalue weighted by Gasteiger charge is -2.18. The summed E-state index contributed by atoms with van der Waals surface area (Å²) in [5.74, 6) is 1.66. The Morgan fingerprint density at radius 3 is 0.662 bits per heavy atom. The summed E-state index contributed by atoms with van der Waals surface area (Å²) in [5.41, 5.74) is 0. The van der Waals surface area contributed by atoms with Crippen LogP contribution in [0.3, 0.4) is 0 Å². The minimum absolute atomic E-state index is 0.0635. The fraction of sp³-hybridized carbons (Fsp3) is 0.949. The molecule has 0 N–H and O–H groups in total. The number of carbonyl (C=O) groups is 3. The van der Waals surface area contributed by atoms with E-state index in [1.165, 1.54) is 205 Å².